The first kappa shape index (κ1) is 9.33. The maximum Gasteiger partial charge on any atom is 0.216 e. The van der Waals surface area contributed by atoms with Crippen LogP contribution in [0.3, 0.4) is 0 Å². The van der Waals surface area contributed by atoms with E-state index in [0.29, 0.717) is 12.5 Å². The number of hydrogen-bond donors (Lipinski definition) is 1. The van der Waals surface area contributed by atoms with Gasteiger partial charge in [0.05, 0.1) is 11.2 Å². The lowest BCUT2D eigenvalue weighted by molar-refractivity contribution is -0.119. The Morgan fingerprint density at radius 3 is 3.06 bits per heavy atom. The highest BCUT2D eigenvalue weighted by Crippen LogP contribution is 2.38. The summed E-state index contributed by atoms with van der Waals surface area (Å²) in [5.41, 5.74) is 3.44. The van der Waals surface area contributed by atoms with Crippen LogP contribution in [0.2, 0.25) is 0 Å². The Labute approximate surface area is 93.5 Å². The van der Waals surface area contributed by atoms with Crippen LogP contribution in [0.15, 0.2) is 30.3 Å². The van der Waals surface area contributed by atoms with Gasteiger partial charge in [-0.15, -0.1) is 0 Å². The van der Waals surface area contributed by atoms with Crippen molar-refractivity contribution in [2.45, 2.75) is 12.8 Å². The van der Waals surface area contributed by atoms with Crippen molar-refractivity contribution < 1.29 is 4.79 Å². The lowest BCUT2D eigenvalue weighted by Crippen LogP contribution is -2.30. The van der Waals surface area contributed by atoms with E-state index in [1.807, 2.05) is 18.2 Å². The highest BCUT2D eigenvalue weighted by Gasteiger charge is 2.28. The zero-order chi connectivity index (χ0) is 11.1. The molecule has 0 saturated carbocycles. The molecular weight excluding hydrogens is 200 g/mol. The van der Waals surface area contributed by atoms with Crippen molar-refractivity contribution in [3.05, 3.63) is 41.6 Å². The second kappa shape index (κ2) is 3.30. The summed E-state index contributed by atoms with van der Waals surface area (Å²) < 4.78 is 0. The van der Waals surface area contributed by atoms with Crippen molar-refractivity contribution >= 4 is 16.8 Å². The monoisotopic (exact) mass is 212 g/mol. The summed E-state index contributed by atoms with van der Waals surface area (Å²) in [6.07, 6.45) is 0. The third-order valence-corrected chi connectivity index (χ3v) is 3.06. The first-order valence-corrected chi connectivity index (χ1v) is 5.40. The minimum atomic E-state index is 0.0134. The number of nitrogens with one attached hydrogen (secondary N) is 1. The molecular formula is C13H12N2O. The van der Waals surface area contributed by atoms with E-state index in [9.17, 15) is 4.79 Å². The van der Waals surface area contributed by atoms with Crippen molar-refractivity contribution in [1.82, 2.24) is 10.3 Å². The van der Waals surface area contributed by atoms with Crippen LogP contribution >= 0.6 is 0 Å². The van der Waals surface area contributed by atoms with Crippen LogP contribution in [0.4, 0.5) is 0 Å². The van der Waals surface area contributed by atoms with Gasteiger partial charge in [-0.25, -0.2) is 0 Å². The SMILES string of the molecule is CC(=O)NCC1c2cc1c1ccccc1n2. The molecule has 1 amide bonds. The Hall–Kier alpha value is -1.90. The molecule has 2 aromatic rings. The molecule has 2 aliphatic rings. The number of benzene rings is 1. The van der Waals surface area contributed by atoms with Gasteiger partial charge in [-0.3, -0.25) is 9.78 Å². The smallest absolute Gasteiger partial charge is 0.216 e. The number of nitrogens with zero attached hydrogens (tertiary/aromatic N) is 1. The fourth-order valence-corrected chi connectivity index (χ4v) is 2.21. The number of aromatic nitrogens is 1. The molecule has 1 aromatic heterocycles. The predicted molar refractivity (Wildman–Crippen MR) is 62.3 cm³/mol. The number of rotatable bonds is 2. The first-order chi connectivity index (χ1) is 7.75. The zero-order valence-corrected chi connectivity index (χ0v) is 9.03. The van der Waals surface area contributed by atoms with E-state index in [2.05, 4.69) is 22.4 Å². The molecule has 80 valence electrons. The second-order valence-corrected chi connectivity index (χ2v) is 4.14. The number of para-hydroxylation sites is 1. The quantitative estimate of drug-likeness (QED) is 0.825. The normalized spacial score (nSPS) is 16.9. The van der Waals surface area contributed by atoms with Crippen molar-refractivity contribution in [1.29, 1.82) is 0 Å². The average molecular weight is 212 g/mol. The number of carbonyl (C=O) groups is 1. The van der Waals surface area contributed by atoms with E-state index in [1.165, 1.54) is 10.9 Å². The lowest BCUT2D eigenvalue weighted by atomic mass is 9.82. The standard InChI is InChI=1S/C13H12N2O/c1-8(16)14-7-11-10-6-13(11)15-12-5-3-2-4-9(10)12/h2-6,11H,7H2,1H3,(H,14,16). The van der Waals surface area contributed by atoms with Gasteiger partial charge in [0, 0.05) is 24.8 Å². The van der Waals surface area contributed by atoms with Gasteiger partial charge < -0.3 is 5.32 Å². The third-order valence-electron chi connectivity index (χ3n) is 3.06. The fraction of sp³-hybridized carbons (Fsp3) is 0.231. The molecule has 1 atom stereocenters. The topological polar surface area (TPSA) is 42.0 Å². The van der Waals surface area contributed by atoms with Gasteiger partial charge in [-0.05, 0) is 17.7 Å². The molecule has 1 N–H and O–H groups in total. The molecule has 1 aromatic carbocycles. The molecule has 3 heteroatoms. The molecule has 3 nitrogen and oxygen atoms in total. The van der Waals surface area contributed by atoms with Crippen molar-refractivity contribution in [3.63, 3.8) is 0 Å². The number of pyridine rings is 1. The van der Waals surface area contributed by atoms with Gasteiger partial charge in [0.2, 0.25) is 5.91 Å². The van der Waals surface area contributed by atoms with E-state index in [-0.39, 0.29) is 5.91 Å². The molecule has 0 fully saturated rings. The fourth-order valence-electron chi connectivity index (χ4n) is 2.21. The van der Waals surface area contributed by atoms with E-state index in [0.717, 1.165) is 11.2 Å². The zero-order valence-electron chi connectivity index (χ0n) is 9.03. The summed E-state index contributed by atoms with van der Waals surface area (Å²) in [5, 5.41) is 4.05. The van der Waals surface area contributed by atoms with E-state index in [1.54, 1.807) is 6.92 Å². The predicted octanol–water partition coefficient (Wildman–Crippen LogP) is 1.82. The third kappa shape index (κ3) is 1.28. The van der Waals surface area contributed by atoms with Crippen LogP contribution < -0.4 is 5.32 Å². The maximum absolute atomic E-state index is 10.9. The number of hydrogen-bond acceptors (Lipinski definition) is 2. The number of amides is 1. The molecule has 2 bridgehead atoms. The molecule has 1 unspecified atom stereocenters. The molecule has 0 radical (unpaired) electrons. The van der Waals surface area contributed by atoms with Crippen LogP contribution in [0, 0.1) is 0 Å². The van der Waals surface area contributed by atoms with E-state index >= 15 is 0 Å². The summed E-state index contributed by atoms with van der Waals surface area (Å²) in [7, 11) is 0. The lowest BCUT2D eigenvalue weighted by Gasteiger charge is -2.28. The Morgan fingerprint density at radius 1 is 1.44 bits per heavy atom. The van der Waals surface area contributed by atoms with Crippen molar-refractivity contribution in [3.8, 4) is 0 Å². The summed E-state index contributed by atoms with van der Waals surface area (Å²) >= 11 is 0. The Morgan fingerprint density at radius 2 is 2.25 bits per heavy atom. The van der Waals surface area contributed by atoms with Gasteiger partial charge in [0.15, 0.2) is 0 Å². The highest BCUT2D eigenvalue weighted by atomic mass is 16.1. The molecule has 0 spiro atoms. The van der Waals surface area contributed by atoms with Gasteiger partial charge >= 0.3 is 0 Å². The van der Waals surface area contributed by atoms with Gasteiger partial charge in [0.1, 0.15) is 0 Å². The van der Waals surface area contributed by atoms with Crippen molar-refractivity contribution in [2.24, 2.45) is 0 Å². The van der Waals surface area contributed by atoms with E-state index in [4.69, 9.17) is 0 Å². The summed E-state index contributed by atoms with van der Waals surface area (Å²) in [4.78, 5) is 15.4. The molecule has 1 aliphatic heterocycles. The average Bonchev–Trinajstić information content (AvgIpc) is 2.27. The summed E-state index contributed by atoms with van der Waals surface area (Å²) in [6, 6.07) is 10.2. The summed E-state index contributed by atoms with van der Waals surface area (Å²) in [5.74, 6) is 0.304. The Kier molecular flexibility index (Phi) is 1.93. The number of carbonyl (C=O) groups excluding carboxylic acids is 1. The van der Waals surface area contributed by atoms with Crippen LogP contribution in [0.25, 0.3) is 10.9 Å². The Balaban J connectivity index is 1.95. The minimum absolute atomic E-state index is 0.0134. The van der Waals surface area contributed by atoms with Crippen LogP contribution in [-0.2, 0) is 4.79 Å². The van der Waals surface area contributed by atoms with Crippen LogP contribution in [0.1, 0.15) is 24.1 Å². The van der Waals surface area contributed by atoms with Crippen molar-refractivity contribution in [2.75, 3.05) is 6.54 Å². The van der Waals surface area contributed by atoms with Gasteiger partial charge in [-0.2, -0.15) is 0 Å². The van der Waals surface area contributed by atoms with Crippen LogP contribution in [-0.4, -0.2) is 17.4 Å². The maximum atomic E-state index is 10.9. The molecule has 1 aliphatic carbocycles. The summed E-state index contributed by atoms with van der Waals surface area (Å²) in [6.45, 7) is 2.20. The molecule has 2 heterocycles. The Bertz CT molecular complexity index is 577. The molecule has 16 heavy (non-hydrogen) atoms. The second-order valence-electron chi connectivity index (χ2n) is 4.14. The molecule has 0 saturated heterocycles. The highest BCUT2D eigenvalue weighted by molar-refractivity contribution is 5.86. The van der Waals surface area contributed by atoms with Gasteiger partial charge in [0.25, 0.3) is 0 Å². The van der Waals surface area contributed by atoms with E-state index < -0.39 is 0 Å². The van der Waals surface area contributed by atoms with Crippen LogP contribution in [0.5, 0.6) is 0 Å². The largest absolute Gasteiger partial charge is 0.355 e. The molecule has 4 rings (SSSR count). The van der Waals surface area contributed by atoms with Gasteiger partial charge in [-0.1, -0.05) is 18.2 Å². The minimum Gasteiger partial charge on any atom is -0.355 e. The first-order valence-electron chi connectivity index (χ1n) is 5.40.